The van der Waals surface area contributed by atoms with Crippen molar-refractivity contribution in [1.82, 2.24) is 10.2 Å². The third kappa shape index (κ3) is 6.08. The SMILES string of the molecule is CCN(CCC(C)(C)C#N)CC(=O)NC. The average molecular weight is 211 g/mol. The van der Waals surface area contributed by atoms with Gasteiger partial charge in [0.25, 0.3) is 0 Å². The van der Waals surface area contributed by atoms with Crippen LogP contribution in [0.15, 0.2) is 0 Å². The molecule has 0 aliphatic carbocycles. The summed E-state index contributed by atoms with van der Waals surface area (Å²) >= 11 is 0. The summed E-state index contributed by atoms with van der Waals surface area (Å²) in [6, 6.07) is 2.26. The van der Waals surface area contributed by atoms with Gasteiger partial charge in [-0.3, -0.25) is 9.69 Å². The summed E-state index contributed by atoms with van der Waals surface area (Å²) in [6.07, 6.45) is 0.786. The molecule has 0 rings (SSSR count). The summed E-state index contributed by atoms with van der Waals surface area (Å²) in [6.45, 7) is 7.87. The summed E-state index contributed by atoms with van der Waals surface area (Å²) in [5.74, 6) is 0.0200. The van der Waals surface area contributed by atoms with Gasteiger partial charge < -0.3 is 5.32 Å². The molecule has 0 saturated carbocycles. The molecule has 0 aromatic rings. The van der Waals surface area contributed by atoms with Crippen LogP contribution < -0.4 is 5.32 Å². The number of rotatable bonds is 6. The van der Waals surface area contributed by atoms with Crippen LogP contribution in [0.5, 0.6) is 0 Å². The van der Waals surface area contributed by atoms with Gasteiger partial charge in [0.1, 0.15) is 0 Å². The van der Waals surface area contributed by atoms with E-state index in [1.807, 2.05) is 25.7 Å². The molecule has 0 atom stereocenters. The average Bonchev–Trinajstić information content (AvgIpc) is 2.23. The Labute approximate surface area is 92.3 Å². The number of likely N-dealkylation sites (N-methyl/N-ethyl adjacent to an activating group) is 2. The van der Waals surface area contributed by atoms with Crippen LogP contribution >= 0.6 is 0 Å². The van der Waals surface area contributed by atoms with Crippen molar-refractivity contribution in [3.63, 3.8) is 0 Å². The molecule has 0 radical (unpaired) electrons. The number of hydrogen-bond acceptors (Lipinski definition) is 3. The Morgan fingerprint density at radius 3 is 2.53 bits per heavy atom. The maximum atomic E-state index is 11.2. The molecule has 0 aromatic carbocycles. The molecule has 0 unspecified atom stereocenters. The number of nitrogens with zero attached hydrogens (tertiary/aromatic N) is 2. The van der Waals surface area contributed by atoms with Crippen molar-refractivity contribution in [2.75, 3.05) is 26.7 Å². The number of nitriles is 1. The monoisotopic (exact) mass is 211 g/mol. The molecule has 0 aromatic heterocycles. The number of nitrogens with one attached hydrogen (secondary N) is 1. The Hall–Kier alpha value is -1.08. The predicted octanol–water partition coefficient (Wildman–Crippen LogP) is 0.994. The second kappa shape index (κ2) is 6.41. The van der Waals surface area contributed by atoms with Gasteiger partial charge in [-0.25, -0.2) is 0 Å². The van der Waals surface area contributed by atoms with E-state index >= 15 is 0 Å². The van der Waals surface area contributed by atoms with Crippen molar-refractivity contribution in [3.8, 4) is 6.07 Å². The Bertz CT molecular complexity index is 243. The number of carbonyl (C=O) groups excluding carboxylic acids is 1. The predicted molar refractivity (Wildman–Crippen MR) is 60.2 cm³/mol. The molecule has 4 heteroatoms. The molecule has 0 saturated heterocycles. The normalized spacial score (nSPS) is 11.2. The Morgan fingerprint density at radius 2 is 2.13 bits per heavy atom. The molecule has 0 fully saturated rings. The highest BCUT2D eigenvalue weighted by Crippen LogP contribution is 2.18. The zero-order valence-electron chi connectivity index (χ0n) is 10.1. The fraction of sp³-hybridized carbons (Fsp3) is 0.818. The van der Waals surface area contributed by atoms with E-state index in [1.165, 1.54) is 0 Å². The molecule has 15 heavy (non-hydrogen) atoms. The molecule has 1 N–H and O–H groups in total. The zero-order chi connectivity index (χ0) is 11.9. The summed E-state index contributed by atoms with van der Waals surface area (Å²) in [4.78, 5) is 13.2. The Balaban J connectivity index is 4.02. The van der Waals surface area contributed by atoms with Crippen LogP contribution in [0.25, 0.3) is 0 Å². The minimum absolute atomic E-state index is 0.0200. The highest BCUT2D eigenvalue weighted by Gasteiger charge is 2.18. The molecule has 86 valence electrons. The fourth-order valence-corrected chi connectivity index (χ4v) is 1.12. The lowest BCUT2D eigenvalue weighted by Gasteiger charge is -2.23. The second-order valence-electron chi connectivity index (χ2n) is 4.29. The highest BCUT2D eigenvalue weighted by atomic mass is 16.1. The molecule has 1 amide bonds. The summed E-state index contributed by atoms with van der Waals surface area (Å²) in [7, 11) is 1.63. The lowest BCUT2D eigenvalue weighted by Crippen LogP contribution is -2.37. The van der Waals surface area contributed by atoms with Crippen LogP contribution in [0.3, 0.4) is 0 Å². The third-order valence-corrected chi connectivity index (χ3v) is 2.45. The van der Waals surface area contributed by atoms with Crippen molar-refractivity contribution in [1.29, 1.82) is 5.26 Å². The van der Waals surface area contributed by atoms with E-state index in [0.29, 0.717) is 6.54 Å². The Morgan fingerprint density at radius 1 is 1.53 bits per heavy atom. The van der Waals surface area contributed by atoms with E-state index in [-0.39, 0.29) is 11.3 Å². The van der Waals surface area contributed by atoms with Gasteiger partial charge in [0.15, 0.2) is 0 Å². The summed E-state index contributed by atoms with van der Waals surface area (Å²) < 4.78 is 0. The van der Waals surface area contributed by atoms with Gasteiger partial charge >= 0.3 is 0 Å². The van der Waals surface area contributed by atoms with Crippen molar-refractivity contribution < 1.29 is 4.79 Å². The fourth-order valence-electron chi connectivity index (χ4n) is 1.12. The van der Waals surface area contributed by atoms with E-state index in [4.69, 9.17) is 5.26 Å². The number of hydrogen-bond donors (Lipinski definition) is 1. The van der Waals surface area contributed by atoms with Crippen molar-refractivity contribution >= 4 is 5.91 Å². The molecular formula is C11H21N3O. The largest absolute Gasteiger partial charge is 0.358 e. The second-order valence-corrected chi connectivity index (χ2v) is 4.29. The van der Waals surface area contributed by atoms with E-state index < -0.39 is 0 Å². The summed E-state index contributed by atoms with van der Waals surface area (Å²) in [5.41, 5.74) is -0.309. The maximum Gasteiger partial charge on any atom is 0.233 e. The van der Waals surface area contributed by atoms with Gasteiger partial charge in [-0.2, -0.15) is 5.26 Å². The van der Waals surface area contributed by atoms with Crippen molar-refractivity contribution in [3.05, 3.63) is 0 Å². The molecule has 0 aliphatic rings. The first kappa shape index (κ1) is 13.9. The minimum atomic E-state index is -0.309. The highest BCUT2D eigenvalue weighted by molar-refractivity contribution is 5.77. The van der Waals surface area contributed by atoms with Crippen LogP contribution in [0.2, 0.25) is 0 Å². The molecule has 0 bridgehead atoms. The molecule has 0 heterocycles. The van der Waals surface area contributed by atoms with E-state index in [1.54, 1.807) is 7.05 Å². The van der Waals surface area contributed by atoms with Gasteiger partial charge in [0.05, 0.1) is 18.0 Å². The number of amides is 1. The lowest BCUT2D eigenvalue weighted by molar-refractivity contribution is -0.121. The van der Waals surface area contributed by atoms with Gasteiger partial charge in [0, 0.05) is 13.6 Å². The Kier molecular flexibility index (Phi) is 5.95. The van der Waals surface area contributed by atoms with Crippen molar-refractivity contribution in [2.45, 2.75) is 27.2 Å². The first-order chi connectivity index (χ1) is 6.95. The minimum Gasteiger partial charge on any atom is -0.358 e. The third-order valence-electron chi connectivity index (χ3n) is 2.45. The lowest BCUT2D eigenvalue weighted by atomic mass is 9.91. The van der Waals surface area contributed by atoms with E-state index in [2.05, 4.69) is 11.4 Å². The summed E-state index contributed by atoms with van der Waals surface area (Å²) in [5, 5.41) is 11.5. The van der Waals surface area contributed by atoms with Crippen LogP contribution in [0.4, 0.5) is 0 Å². The van der Waals surface area contributed by atoms with E-state index in [9.17, 15) is 4.79 Å². The van der Waals surface area contributed by atoms with Crippen LogP contribution in [-0.2, 0) is 4.79 Å². The zero-order valence-corrected chi connectivity index (χ0v) is 10.1. The smallest absolute Gasteiger partial charge is 0.233 e. The molecule has 0 aliphatic heterocycles. The standard InChI is InChI=1S/C11H21N3O/c1-5-14(8-10(15)13-4)7-6-11(2,3)9-12/h5-8H2,1-4H3,(H,13,15). The topological polar surface area (TPSA) is 56.1 Å². The maximum absolute atomic E-state index is 11.2. The van der Waals surface area contributed by atoms with E-state index in [0.717, 1.165) is 19.5 Å². The quantitative estimate of drug-likeness (QED) is 0.713. The molecule has 0 spiro atoms. The van der Waals surface area contributed by atoms with Gasteiger partial charge in [-0.05, 0) is 26.8 Å². The van der Waals surface area contributed by atoms with Gasteiger partial charge in [0.2, 0.25) is 5.91 Å². The number of carbonyl (C=O) groups is 1. The van der Waals surface area contributed by atoms with Crippen LogP contribution in [0.1, 0.15) is 27.2 Å². The van der Waals surface area contributed by atoms with Gasteiger partial charge in [-0.15, -0.1) is 0 Å². The van der Waals surface area contributed by atoms with Gasteiger partial charge in [-0.1, -0.05) is 6.92 Å². The van der Waals surface area contributed by atoms with Crippen molar-refractivity contribution in [2.24, 2.45) is 5.41 Å². The first-order valence-corrected chi connectivity index (χ1v) is 5.29. The first-order valence-electron chi connectivity index (χ1n) is 5.29. The van der Waals surface area contributed by atoms with Crippen LogP contribution in [0, 0.1) is 16.7 Å². The molecule has 4 nitrogen and oxygen atoms in total. The molecular weight excluding hydrogens is 190 g/mol. The van der Waals surface area contributed by atoms with Crippen LogP contribution in [-0.4, -0.2) is 37.5 Å².